The maximum absolute atomic E-state index is 12.5. The summed E-state index contributed by atoms with van der Waals surface area (Å²) in [5.41, 5.74) is 2.09. The van der Waals surface area contributed by atoms with Crippen LogP contribution in [0.15, 0.2) is 47.8 Å². The zero-order valence-electron chi connectivity index (χ0n) is 14.6. The first-order chi connectivity index (χ1) is 13.0. The van der Waals surface area contributed by atoms with Gasteiger partial charge in [-0.15, -0.1) is 11.3 Å². The number of halogens is 1. The number of ether oxygens (including phenoxy) is 1. The molecule has 0 spiro atoms. The van der Waals surface area contributed by atoms with Crippen LogP contribution in [0.3, 0.4) is 0 Å². The lowest BCUT2D eigenvalue weighted by Crippen LogP contribution is -2.13. The Kier molecular flexibility index (Phi) is 5.73. The standard InChI is InChI=1S/C19H16ClN3O3S/c1-11(24)21-12-7-8-15(14(20)9-12)22-18(25)16-10-27-19(23-16)13-5-3-4-6-17(13)26-2/h3-10H,1-2H3,(H,21,24)(H,22,25). The highest BCUT2D eigenvalue weighted by Gasteiger charge is 2.15. The van der Waals surface area contributed by atoms with E-state index in [4.69, 9.17) is 16.3 Å². The Labute approximate surface area is 165 Å². The number of hydrogen-bond acceptors (Lipinski definition) is 5. The van der Waals surface area contributed by atoms with E-state index in [0.717, 1.165) is 5.56 Å². The van der Waals surface area contributed by atoms with Gasteiger partial charge in [0.05, 0.1) is 23.4 Å². The molecule has 0 fully saturated rings. The van der Waals surface area contributed by atoms with Crippen molar-refractivity contribution in [3.8, 4) is 16.3 Å². The van der Waals surface area contributed by atoms with Crippen molar-refractivity contribution in [2.75, 3.05) is 17.7 Å². The fourth-order valence-electron chi connectivity index (χ4n) is 2.41. The first-order valence-electron chi connectivity index (χ1n) is 7.95. The summed E-state index contributed by atoms with van der Waals surface area (Å²) in [4.78, 5) is 28.0. The molecule has 8 heteroatoms. The average Bonchev–Trinajstić information content (AvgIpc) is 3.13. The van der Waals surface area contributed by atoms with Crippen LogP contribution in [-0.2, 0) is 4.79 Å². The minimum Gasteiger partial charge on any atom is -0.496 e. The lowest BCUT2D eigenvalue weighted by molar-refractivity contribution is -0.114. The minimum absolute atomic E-state index is 0.200. The summed E-state index contributed by atoms with van der Waals surface area (Å²) in [6.45, 7) is 1.41. The summed E-state index contributed by atoms with van der Waals surface area (Å²) >= 11 is 7.54. The number of carbonyl (C=O) groups is 2. The molecule has 0 aliphatic carbocycles. The van der Waals surface area contributed by atoms with Gasteiger partial charge < -0.3 is 15.4 Å². The Morgan fingerprint density at radius 1 is 1.15 bits per heavy atom. The highest BCUT2D eigenvalue weighted by atomic mass is 35.5. The minimum atomic E-state index is -0.374. The summed E-state index contributed by atoms with van der Waals surface area (Å²) in [5.74, 6) is 0.117. The Morgan fingerprint density at radius 2 is 1.93 bits per heavy atom. The predicted octanol–water partition coefficient (Wildman–Crippen LogP) is 4.68. The van der Waals surface area contributed by atoms with E-state index in [0.29, 0.717) is 27.2 Å². The van der Waals surface area contributed by atoms with E-state index in [2.05, 4.69) is 15.6 Å². The number of hydrogen-bond donors (Lipinski definition) is 2. The SMILES string of the molecule is COc1ccccc1-c1nc(C(=O)Nc2ccc(NC(C)=O)cc2Cl)cs1. The average molecular weight is 402 g/mol. The number of benzene rings is 2. The fourth-order valence-corrected chi connectivity index (χ4v) is 3.46. The lowest BCUT2D eigenvalue weighted by Gasteiger charge is -2.08. The maximum Gasteiger partial charge on any atom is 0.275 e. The number of nitrogens with zero attached hydrogens (tertiary/aromatic N) is 1. The second-order valence-corrected chi connectivity index (χ2v) is 6.83. The molecule has 3 aromatic rings. The van der Waals surface area contributed by atoms with Gasteiger partial charge in [0.1, 0.15) is 16.5 Å². The normalized spacial score (nSPS) is 10.3. The molecule has 2 aromatic carbocycles. The van der Waals surface area contributed by atoms with Crippen molar-refractivity contribution < 1.29 is 14.3 Å². The number of carbonyl (C=O) groups excluding carboxylic acids is 2. The molecule has 3 rings (SSSR count). The molecule has 0 saturated carbocycles. The second kappa shape index (κ2) is 8.20. The van der Waals surface area contributed by atoms with Crippen LogP contribution in [0.2, 0.25) is 5.02 Å². The Bertz CT molecular complexity index is 1000. The lowest BCUT2D eigenvalue weighted by atomic mass is 10.2. The molecule has 138 valence electrons. The van der Waals surface area contributed by atoms with Gasteiger partial charge in [-0.1, -0.05) is 23.7 Å². The Morgan fingerprint density at radius 3 is 2.63 bits per heavy atom. The number of aromatic nitrogens is 1. The summed E-state index contributed by atoms with van der Waals surface area (Å²) in [5, 5.41) is 8.04. The number of nitrogens with one attached hydrogen (secondary N) is 2. The zero-order chi connectivity index (χ0) is 19.4. The van der Waals surface area contributed by atoms with Crippen LogP contribution in [0.1, 0.15) is 17.4 Å². The summed E-state index contributed by atoms with van der Waals surface area (Å²) < 4.78 is 5.34. The molecule has 1 heterocycles. The number of thiazole rings is 1. The number of para-hydroxylation sites is 1. The molecule has 0 unspecified atom stereocenters. The molecule has 0 atom stereocenters. The van der Waals surface area contributed by atoms with Crippen molar-refractivity contribution >= 4 is 46.1 Å². The molecular weight excluding hydrogens is 386 g/mol. The van der Waals surface area contributed by atoms with Gasteiger partial charge in [-0.25, -0.2) is 4.98 Å². The largest absolute Gasteiger partial charge is 0.496 e. The van der Waals surface area contributed by atoms with Crippen LogP contribution in [0.4, 0.5) is 11.4 Å². The molecule has 0 radical (unpaired) electrons. The monoisotopic (exact) mass is 401 g/mol. The summed E-state index contributed by atoms with van der Waals surface area (Å²) in [7, 11) is 1.59. The van der Waals surface area contributed by atoms with Crippen LogP contribution < -0.4 is 15.4 Å². The molecule has 0 saturated heterocycles. The van der Waals surface area contributed by atoms with E-state index in [1.165, 1.54) is 18.3 Å². The van der Waals surface area contributed by atoms with Gasteiger partial charge in [-0.2, -0.15) is 0 Å². The summed E-state index contributed by atoms with van der Waals surface area (Å²) in [6.07, 6.45) is 0. The molecule has 0 aliphatic heterocycles. The van der Waals surface area contributed by atoms with Crippen molar-refractivity contribution in [3.05, 3.63) is 58.6 Å². The Hall–Kier alpha value is -2.90. The van der Waals surface area contributed by atoms with Crippen LogP contribution in [0, 0.1) is 0 Å². The topological polar surface area (TPSA) is 80.3 Å². The smallest absolute Gasteiger partial charge is 0.275 e. The highest BCUT2D eigenvalue weighted by molar-refractivity contribution is 7.13. The molecule has 2 amide bonds. The molecular formula is C19H16ClN3O3S. The quantitative estimate of drug-likeness (QED) is 0.650. The van der Waals surface area contributed by atoms with Crippen LogP contribution in [-0.4, -0.2) is 23.9 Å². The van der Waals surface area contributed by atoms with Crippen molar-refractivity contribution in [1.82, 2.24) is 4.98 Å². The molecule has 0 aliphatic rings. The summed E-state index contributed by atoms with van der Waals surface area (Å²) in [6, 6.07) is 12.3. The second-order valence-electron chi connectivity index (χ2n) is 5.57. The van der Waals surface area contributed by atoms with Crippen LogP contribution >= 0.6 is 22.9 Å². The number of methoxy groups -OCH3 is 1. The van der Waals surface area contributed by atoms with E-state index in [-0.39, 0.29) is 17.5 Å². The third-order valence-electron chi connectivity index (χ3n) is 3.61. The first kappa shape index (κ1) is 18.9. The van der Waals surface area contributed by atoms with Crippen LogP contribution in [0.25, 0.3) is 10.6 Å². The molecule has 1 aromatic heterocycles. The van der Waals surface area contributed by atoms with E-state index in [1.54, 1.807) is 30.7 Å². The van der Waals surface area contributed by atoms with Gasteiger partial charge >= 0.3 is 0 Å². The van der Waals surface area contributed by atoms with Gasteiger partial charge in [0.15, 0.2) is 0 Å². The van der Waals surface area contributed by atoms with Gasteiger partial charge in [-0.05, 0) is 30.3 Å². The van der Waals surface area contributed by atoms with E-state index in [9.17, 15) is 9.59 Å². The molecule has 6 nitrogen and oxygen atoms in total. The van der Waals surface area contributed by atoms with Gasteiger partial charge in [0, 0.05) is 18.0 Å². The third-order valence-corrected chi connectivity index (χ3v) is 4.80. The first-order valence-corrected chi connectivity index (χ1v) is 9.21. The van der Waals surface area contributed by atoms with Crippen LogP contribution in [0.5, 0.6) is 5.75 Å². The van der Waals surface area contributed by atoms with Crippen molar-refractivity contribution in [2.24, 2.45) is 0 Å². The van der Waals surface area contributed by atoms with Crippen molar-refractivity contribution in [1.29, 1.82) is 0 Å². The zero-order valence-corrected chi connectivity index (χ0v) is 16.1. The maximum atomic E-state index is 12.5. The van der Waals surface area contributed by atoms with E-state index in [1.807, 2.05) is 24.3 Å². The van der Waals surface area contributed by atoms with Gasteiger partial charge in [0.2, 0.25) is 5.91 Å². The van der Waals surface area contributed by atoms with Crippen molar-refractivity contribution in [2.45, 2.75) is 6.92 Å². The Balaban J connectivity index is 1.78. The highest BCUT2D eigenvalue weighted by Crippen LogP contribution is 2.32. The number of anilines is 2. The third kappa shape index (κ3) is 4.45. The molecule has 27 heavy (non-hydrogen) atoms. The number of rotatable bonds is 5. The van der Waals surface area contributed by atoms with Gasteiger partial charge in [-0.3, -0.25) is 9.59 Å². The fraction of sp³-hybridized carbons (Fsp3) is 0.105. The van der Waals surface area contributed by atoms with E-state index >= 15 is 0 Å². The van der Waals surface area contributed by atoms with Gasteiger partial charge in [0.25, 0.3) is 5.91 Å². The molecule has 0 bridgehead atoms. The predicted molar refractivity (Wildman–Crippen MR) is 108 cm³/mol. The van der Waals surface area contributed by atoms with Crippen molar-refractivity contribution in [3.63, 3.8) is 0 Å². The molecule has 2 N–H and O–H groups in total. The number of amides is 2. The van der Waals surface area contributed by atoms with E-state index < -0.39 is 0 Å².